The predicted molar refractivity (Wildman–Crippen MR) is 155 cm³/mol. The van der Waals surface area contributed by atoms with Gasteiger partial charge >= 0.3 is 6.09 Å². The third-order valence-corrected chi connectivity index (χ3v) is 8.21. The van der Waals surface area contributed by atoms with E-state index in [0.717, 1.165) is 28.9 Å². The molecule has 0 aliphatic carbocycles. The lowest BCUT2D eigenvalue weighted by Crippen LogP contribution is -2.49. The highest BCUT2D eigenvalue weighted by Crippen LogP contribution is 2.36. The maximum atomic E-state index is 13.9. The molecule has 2 aliphatic rings. The Labute approximate surface area is 242 Å². The van der Waals surface area contributed by atoms with Crippen LogP contribution in [0.5, 0.6) is 0 Å². The number of carbonyl (C=O) groups excluding carboxylic acids is 3. The van der Waals surface area contributed by atoms with Crippen molar-refractivity contribution < 1.29 is 23.9 Å². The molecule has 0 radical (unpaired) electrons. The largest absolute Gasteiger partial charge is 0.445 e. The molecule has 0 unspecified atom stereocenters. The van der Waals surface area contributed by atoms with E-state index in [4.69, 9.17) is 21.1 Å². The van der Waals surface area contributed by atoms with Crippen molar-refractivity contribution in [1.82, 2.24) is 10.6 Å². The van der Waals surface area contributed by atoms with Crippen molar-refractivity contribution >= 4 is 47.0 Å². The molecule has 5 rings (SSSR count). The molecule has 1 atom stereocenters. The first-order valence-electron chi connectivity index (χ1n) is 13.1. The van der Waals surface area contributed by atoms with Crippen molar-refractivity contribution in [2.24, 2.45) is 0 Å². The first-order chi connectivity index (χ1) is 19.5. The van der Waals surface area contributed by atoms with Crippen molar-refractivity contribution in [3.63, 3.8) is 0 Å². The fourth-order valence-electron chi connectivity index (χ4n) is 4.60. The standard InChI is InChI=1S/C30H30ClN3O5S/c31-23-9-6-20(7-10-23)17-34-26-16-22(28(35)32-24-12-14-38-15-13-24)8-11-27(26)40-19-25(29(34)36)33-30(37)39-18-21-4-2-1-3-5-21/h1-11,16,24-25H,12-15,17-19H2,(H,32,35)(H,33,37)/t25-/m0/s1. The number of benzene rings is 3. The molecule has 2 heterocycles. The summed E-state index contributed by atoms with van der Waals surface area (Å²) in [7, 11) is 0. The number of anilines is 1. The molecular weight excluding hydrogens is 550 g/mol. The molecule has 1 fully saturated rings. The van der Waals surface area contributed by atoms with Crippen LogP contribution in [-0.2, 0) is 27.4 Å². The molecule has 208 valence electrons. The Hall–Kier alpha value is -3.53. The number of carbonyl (C=O) groups is 3. The lowest BCUT2D eigenvalue weighted by Gasteiger charge is -2.27. The molecule has 1 saturated heterocycles. The van der Waals surface area contributed by atoms with Crippen LogP contribution in [0.15, 0.2) is 77.7 Å². The van der Waals surface area contributed by atoms with E-state index in [1.54, 1.807) is 29.2 Å². The lowest BCUT2D eigenvalue weighted by atomic mass is 10.1. The molecule has 0 spiro atoms. The highest BCUT2D eigenvalue weighted by Gasteiger charge is 2.33. The fraction of sp³-hybridized carbons (Fsp3) is 0.300. The molecule has 8 nitrogen and oxygen atoms in total. The Kier molecular flexibility index (Phi) is 9.26. The molecule has 2 N–H and O–H groups in total. The summed E-state index contributed by atoms with van der Waals surface area (Å²) in [5, 5.41) is 6.42. The molecule has 0 aromatic heterocycles. The minimum Gasteiger partial charge on any atom is -0.445 e. The van der Waals surface area contributed by atoms with Gasteiger partial charge in [0.2, 0.25) is 0 Å². The third kappa shape index (κ3) is 7.15. The average Bonchev–Trinajstić information content (AvgIpc) is 3.10. The predicted octanol–water partition coefficient (Wildman–Crippen LogP) is 5.18. The quantitative estimate of drug-likeness (QED) is 0.400. The second kappa shape index (κ2) is 13.2. The monoisotopic (exact) mass is 579 g/mol. The SMILES string of the molecule is O=C(N[C@H]1CSc2ccc(C(=O)NC3CCOCC3)cc2N(Cc2ccc(Cl)cc2)C1=O)OCc1ccccc1. The highest BCUT2D eigenvalue weighted by atomic mass is 35.5. The highest BCUT2D eigenvalue weighted by molar-refractivity contribution is 7.99. The Bertz CT molecular complexity index is 1350. The first kappa shape index (κ1) is 28.0. The maximum absolute atomic E-state index is 13.9. The van der Waals surface area contributed by atoms with Crippen LogP contribution >= 0.6 is 23.4 Å². The van der Waals surface area contributed by atoms with Gasteiger partial charge in [-0.2, -0.15) is 0 Å². The van der Waals surface area contributed by atoms with Crippen LogP contribution < -0.4 is 15.5 Å². The van der Waals surface area contributed by atoms with Gasteiger partial charge in [-0.3, -0.25) is 9.59 Å². The Morgan fingerprint density at radius 3 is 2.48 bits per heavy atom. The summed E-state index contributed by atoms with van der Waals surface area (Å²) in [5.41, 5.74) is 2.79. The number of ether oxygens (including phenoxy) is 2. The van der Waals surface area contributed by atoms with Gasteiger partial charge in [0.1, 0.15) is 12.6 Å². The molecule has 3 aromatic rings. The fourth-order valence-corrected chi connectivity index (χ4v) is 5.78. The van der Waals surface area contributed by atoms with E-state index < -0.39 is 12.1 Å². The number of nitrogens with zero attached hydrogens (tertiary/aromatic N) is 1. The van der Waals surface area contributed by atoms with Crippen molar-refractivity contribution in [2.75, 3.05) is 23.9 Å². The second-order valence-corrected chi connectivity index (χ2v) is 11.2. The third-order valence-electron chi connectivity index (χ3n) is 6.80. The number of amides is 3. The van der Waals surface area contributed by atoms with Crippen molar-refractivity contribution in [3.05, 3.63) is 94.5 Å². The topological polar surface area (TPSA) is 97.0 Å². The summed E-state index contributed by atoms with van der Waals surface area (Å²) >= 11 is 7.53. The first-order valence-corrected chi connectivity index (χ1v) is 14.5. The summed E-state index contributed by atoms with van der Waals surface area (Å²) in [6.07, 6.45) is 0.861. The van der Waals surface area contributed by atoms with E-state index in [9.17, 15) is 14.4 Å². The Morgan fingerprint density at radius 1 is 0.975 bits per heavy atom. The zero-order chi connectivity index (χ0) is 27.9. The summed E-state index contributed by atoms with van der Waals surface area (Å²) in [5.74, 6) is -0.168. The molecule has 10 heteroatoms. The summed E-state index contributed by atoms with van der Waals surface area (Å²) in [6.45, 7) is 1.58. The number of halogens is 1. The molecular formula is C30H30ClN3O5S. The number of thioether (sulfide) groups is 1. The van der Waals surface area contributed by atoms with E-state index in [2.05, 4.69) is 10.6 Å². The van der Waals surface area contributed by atoms with Gasteiger partial charge in [-0.1, -0.05) is 54.1 Å². The zero-order valence-electron chi connectivity index (χ0n) is 21.8. The maximum Gasteiger partial charge on any atom is 0.408 e. The van der Waals surface area contributed by atoms with Crippen LogP contribution in [0.1, 0.15) is 34.3 Å². The van der Waals surface area contributed by atoms with Gasteiger partial charge in [0.15, 0.2) is 0 Å². The van der Waals surface area contributed by atoms with Crippen LogP contribution in [0, 0.1) is 0 Å². The van der Waals surface area contributed by atoms with Crippen molar-refractivity contribution in [2.45, 2.75) is 43.0 Å². The van der Waals surface area contributed by atoms with Crippen LogP contribution in [0.25, 0.3) is 0 Å². The summed E-state index contributed by atoms with van der Waals surface area (Å²) < 4.78 is 10.8. The van der Waals surface area contributed by atoms with Gasteiger partial charge < -0.3 is 25.0 Å². The molecule has 3 aromatic carbocycles. The van der Waals surface area contributed by atoms with E-state index in [-0.39, 0.29) is 31.0 Å². The van der Waals surface area contributed by atoms with E-state index in [1.807, 2.05) is 48.5 Å². The smallest absolute Gasteiger partial charge is 0.408 e. The number of hydrogen-bond donors (Lipinski definition) is 2. The summed E-state index contributed by atoms with van der Waals surface area (Å²) in [6, 6.07) is 21.2. The number of hydrogen-bond acceptors (Lipinski definition) is 6. The van der Waals surface area contributed by atoms with Gasteiger partial charge in [-0.15, -0.1) is 11.8 Å². The van der Waals surface area contributed by atoms with Gasteiger partial charge in [0.25, 0.3) is 11.8 Å². The molecule has 40 heavy (non-hydrogen) atoms. The average molecular weight is 580 g/mol. The second-order valence-electron chi connectivity index (χ2n) is 9.66. The lowest BCUT2D eigenvalue weighted by molar-refractivity contribution is -0.120. The Morgan fingerprint density at radius 2 is 1.73 bits per heavy atom. The molecule has 0 bridgehead atoms. The molecule has 0 saturated carbocycles. The molecule has 2 aliphatic heterocycles. The number of nitrogens with one attached hydrogen (secondary N) is 2. The van der Waals surface area contributed by atoms with Crippen molar-refractivity contribution in [3.8, 4) is 0 Å². The summed E-state index contributed by atoms with van der Waals surface area (Å²) in [4.78, 5) is 42.1. The van der Waals surface area contributed by atoms with E-state index in [0.29, 0.717) is 35.2 Å². The minimum atomic E-state index is -0.826. The normalized spacial score (nSPS) is 17.5. The van der Waals surface area contributed by atoms with E-state index in [1.165, 1.54) is 11.8 Å². The zero-order valence-corrected chi connectivity index (χ0v) is 23.4. The number of rotatable bonds is 7. The van der Waals surface area contributed by atoms with E-state index >= 15 is 0 Å². The van der Waals surface area contributed by atoms with Crippen LogP contribution in [0.2, 0.25) is 5.02 Å². The number of fused-ring (bicyclic) bond motifs is 1. The van der Waals surface area contributed by atoms with Gasteiger partial charge in [0.05, 0.1) is 12.2 Å². The van der Waals surface area contributed by atoms with Crippen molar-refractivity contribution in [1.29, 1.82) is 0 Å². The van der Waals surface area contributed by atoms with Gasteiger partial charge in [-0.25, -0.2) is 4.79 Å². The number of alkyl carbamates (subject to hydrolysis) is 1. The van der Waals surface area contributed by atoms with Crippen LogP contribution in [0.3, 0.4) is 0 Å². The minimum absolute atomic E-state index is 0.0525. The van der Waals surface area contributed by atoms with Crippen LogP contribution in [-0.4, -0.2) is 49.0 Å². The Balaban J connectivity index is 1.36. The van der Waals surface area contributed by atoms with Crippen LogP contribution in [0.4, 0.5) is 10.5 Å². The van der Waals surface area contributed by atoms with Gasteiger partial charge in [0, 0.05) is 40.5 Å². The van der Waals surface area contributed by atoms with Gasteiger partial charge in [-0.05, 0) is 54.3 Å². The molecule has 3 amide bonds.